The van der Waals surface area contributed by atoms with Gasteiger partial charge in [-0.2, -0.15) is 0 Å². The molecule has 0 aliphatic heterocycles. The largest absolute Gasteiger partial charge is 0.435 e. The highest BCUT2D eigenvalue weighted by Crippen LogP contribution is 1.97. The van der Waals surface area contributed by atoms with E-state index < -0.39 is 6.09 Å². The Hall–Kier alpha value is -0.770. The normalized spacial score (nSPS) is 11.2. The van der Waals surface area contributed by atoms with Gasteiger partial charge in [0, 0.05) is 19.5 Å². The monoisotopic (exact) mass is 206 g/mol. The average molecular weight is 207 g/mol. The first kappa shape index (κ1) is 12.2. The van der Waals surface area contributed by atoms with Gasteiger partial charge in [0.15, 0.2) is 0 Å². The molecule has 0 N–H and O–H groups in total. The Morgan fingerprint density at radius 3 is 2.31 bits per heavy atom. The molecule has 0 atom stereocenters. The lowest BCUT2D eigenvalue weighted by molar-refractivity contribution is 0.109. The third-order valence-electron chi connectivity index (χ3n) is 1.54. The highest BCUT2D eigenvalue weighted by atomic mass is 35.5. The number of halogens is 1. The van der Waals surface area contributed by atoms with Crippen LogP contribution < -0.4 is 0 Å². The van der Waals surface area contributed by atoms with Crippen molar-refractivity contribution in [2.24, 2.45) is 5.16 Å². The van der Waals surface area contributed by atoms with Gasteiger partial charge in [-0.1, -0.05) is 23.7 Å². The molecule has 76 valence electrons. The summed E-state index contributed by atoms with van der Waals surface area (Å²) in [4.78, 5) is 17.3. The van der Waals surface area contributed by atoms with Crippen LogP contribution in [0.2, 0.25) is 0 Å². The van der Waals surface area contributed by atoms with Gasteiger partial charge in [-0.15, -0.1) is 0 Å². The second-order valence-corrected chi connectivity index (χ2v) is 2.79. The van der Waals surface area contributed by atoms with Crippen LogP contribution in [0.25, 0.3) is 0 Å². The van der Waals surface area contributed by atoms with E-state index in [2.05, 4.69) is 9.99 Å². The Morgan fingerprint density at radius 1 is 1.38 bits per heavy atom. The van der Waals surface area contributed by atoms with Crippen molar-refractivity contribution in [1.29, 1.82) is 0 Å². The lowest BCUT2D eigenvalue weighted by Crippen LogP contribution is -2.30. The van der Waals surface area contributed by atoms with Crippen molar-refractivity contribution in [3.63, 3.8) is 0 Å². The molecule has 0 saturated carbocycles. The van der Waals surface area contributed by atoms with E-state index in [1.165, 1.54) is 4.90 Å². The summed E-state index contributed by atoms with van der Waals surface area (Å²) < 4.78 is 0. The van der Waals surface area contributed by atoms with Crippen LogP contribution in [0.1, 0.15) is 27.2 Å². The molecule has 0 aliphatic rings. The molecule has 0 spiro atoms. The van der Waals surface area contributed by atoms with Crippen LogP contribution in [-0.2, 0) is 4.84 Å². The summed E-state index contributed by atoms with van der Waals surface area (Å²) in [6.07, 6.45) is 0.101. The van der Waals surface area contributed by atoms with Crippen LogP contribution in [0.15, 0.2) is 5.16 Å². The SMILES string of the molecule is CCC(Cl)=NOC(=O)N(CC)CC. The van der Waals surface area contributed by atoms with E-state index in [1.54, 1.807) is 0 Å². The summed E-state index contributed by atoms with van der Waals surface area (Å²) >= 11 is 5.55. The predicted octanol–water partition coefficient (Wildman–Crippen LogP) is 2.43. The molecule has 0 radical (unpaired) electrons. The summed E-state index contributed by atoms with van der Waals surface area (Å²) in [5.41, 5.74) is 0. The molecule has 5 heteroatoms. The highest BCUT2D eigenvalue weighted by molar-refractivity contribution is 6.65. The van der Waals surface area contributed by atoms with Crippen molar-refractivity contribution in [3.05, 3.63) is 0 Å². The first-order valence-electron chi connectivity index (χ1n) is 4.33. The maximum absolute atomic E-state index is 11.2. The van der Waals surface area contributed by atoms with Crippen molar-refractivity contribution < 1.29 is 9.63 Å². The Bertz CT molecular complexity index is 191. The zero-order valence-corrected chi connectivity index (χ0v) is 8.97. The fourth-order valence-corrected chi connectivity index (χ4v) is 0.727. The van der Waals surface area contributed by atoms with Crippen LogP contribution in [0.4, 0.5) is 4.79 Å². The van der Waals surface area contributed by atoms with Gasteiger partial charge in [0.2, 0.25) is 0 Å². The minimum Gasteiger partial charge on any atom is -0.307 e. The Kier molecular flexibility index (Phi) is 6.32. The quantitative estimate of drug-likeness (QED) is 0.403. The third kappa shape index (κ3) is 4.72. The maximum atomic E-state index is 11.2. The molecule has 0 fully saturated rings. The molecule has 0 unspecified atom stereocenters. The van der Waals surface area contributed by atoms with Crippen molar-refractivity contribution >= 4 is 22.9 Å². The maximum Gasteiger partial charge on any atom is 0.435 e. The molecule has 0 heterocycles. The van der Waals surface area contributed by atoms with Gasteiger partial charge >= 0.3 is 6.09 Å². The number of amides is 1. The van der Waals surface area contributed by atoms with E-state index >= 15 is 0 Å². The molecular weight excluding hydrogens is 192 g/mol. The zero-order chi connectivity index (χ0) is 10.3. The third-order valence-corrected chi connectivity index (χ3v) is 1.87. The number of carbonyl (C=O) groups excluding carboxylic acids is 1. The fourth-order valence-electron chi connectivity index (χ4n) is 0.693. The first-order chi connectivity index (χ1) is 6.15. The lowest BCUT2D eigenvalue weighted by Gasteiger charge is -2.15. The molecule has 0 saturated heterocycles. The predicted molar refractivity (Wildman–Crippen MR) is 53.0 cm³/mol. The molecule has 0 aromatic heterocycles. The van der Waals surface area contributed by atoms with E-state index in [1.807, 2.05) is 20.8 Å². The number of nitrogens with zero attached hydrogens (tertiary/aromatic N) is 2. The fraction of sp³-hybridized carbons (Fsp3) is 0.750. The van der Waals surface area contributed by atoms with E-state index in [0.717, 1.165) is 0 Å². The molecule has 1 amide bonds. The molecule has 0 aliphatic carbocycles. The average Bonchev–Trinajstić information content (AvgIpc) is 2.16. The first-order valence-corrected chi connectivity index (χ1v) is 4.71. The van der Waals surface area contributed by atoms with Crippen LogP contribution in [0.5, 0.6) is 0 Å². The summed E-state index contributed by atoms with van der Waals surface area (Å²) in [5, 5.41) is 3.74. The smallest absolute Gasteiger partial charge is 0.307 e. The number of hydrogen-bond acceptors (Lipinski definition) is 3. The molecule has 0 aromatic carbocycles. The van der Waals surface area contributed by atoms with Gasteiger partial charge in [-0.3, -0.25) is 4.84 Å². The number of hydrogen-bond donors (Lipinski definition) is 0. The van der Waals surface area contributed by atoms with Crippen LogP contribution in [0.3, 0.4) is 0 Å². The molecule has 0 bridgehead atoms. The number of rotatable bonds is 4. The van der Waals surface area contributed by atoms with E-state index in [-0.39, 0.29) is 0 Å². The van der Waals surface area contributed by atoms with Crippen molar-refractivity contribution in [1.82, 2.24) is 4.90 Å². The summed E-state index contributed by atoms with van der Waals surface area (Å²) in [6.45, 7) is 6.78. The number of carbonyl (C=O) groups is 1. The van der Waals surface area contributed by atoms with Crippen LogP contribution >= 0.6 is 11.6 Å². The minimum atomic E-state index is -0.461. The minimum absolute atomic E-state index is 0.292. The van der Waals surface area contributed by atoms with Gasteiger partial charge in [0.25, 0.3) is 0 Å². The Labute approximate surface area is 83.5 Å². The van der Waals surface area contributed by atoms with Crippen molar-refractivity contribution in [2.75, 3.05) is 13.1 Å². The van der Waals surface area contributed by atoms with Gasteiger partial charge in [-0.25, -0.2) is 4.79 Å². The zero-order valence-electron chi connectivity index (χ0n) is 8.21. The van der Waals surface area contributed by atoms with Gasteiger partial charge in [0.1, 0.15) is 5.17 Å². The lowest BCUT2D eigenvalue weighted by atomic mass is 10.5. The van der Waals surface area contributed by atoms with Gasteiger partial charge in [0.05, 0.1) is 0 Å². The van der Waals surface area contributed by atoms with Gasteiger partial charge in [-0.05, 0) is 13.8 Å². The second-order valence-electron chi connectivity index (χ2n) is 2.35. The second kappa shape index (κ2) is 6.71. The Morgan fingerprint density at radius 2 is 1.92 bits per heavy atom. The summed E-state index contributed by atoms with van der Waals surface area (Å²) in [5.74, 6) is 0. The van der Waals surface area contributed by atoms with Crippen LogP contribution in [-0.4, -0.2) is 29.3 Å². The topological polar surface area (TPSA) is 41.9 Å². The molecule has 4 nitrogen and oxygen atoms in total. The van der Waals surface area contributed by atoms with E-state index in [0.29, 0.717) is 24.7 Å². The summed E-state index contributed by atoms with van der Waals surface area (Å²) in [7, 11) is 0. The van der Waals surface area contributed by atoms with E-state index in [4.69, 9.17) is 11.6 Å². The van der Waals surface area contributed by atoms with Crippen molar-refractivity contribution in [3.8, 4) is 0 Å². The molecular formula is C8H15ClN2O2. The van der Waals surface area contributed by atoms with Crippen LogP contribution in [0, 0.1) is 0 Å². The summed E-state index contributed by atoms with van der Waals surface area (Å²) in [6, 6.07) is 0. The molecule has 0 rings (SSSR count). The molecule has 13 heavy (non-hydrogen) atoms. The van der Waals surface area contributed by atoms with E-state index in [9.17, 15) is 4.79 Å². The number of oxime groups is 1. The highest BCUT2D eigenvalue weighted by Gasteiger charge is 2.10. The van der Waals surface area contributed by atoms with Gasteiger partial charge < -0.3 is 4.90 Å². The molecule has 0 aromatic rings. The Balaban J connectivity index is 3.99. The standard InChI is InChI=1S/C8H15ClN2O2/c1-4-7(9)10-13-8(12)11(5-2)6-3/h4-6H2,1-3H3. The van der Waals surface area contributed by atoms with Crippen molar-refractivity contribution in [2.45, 2.75) is 27.2 Å².